The van der Waals surface area contributed by atoms with Crippen molar-refractivity contribution in [1.29, 1.82) is 0 Å². The Morgan fingerprint density at radius 2 is 1.89 bits per heavy atom. The molecular formula is C27H30N4O4S. The van der Waals surface area contributed by atoms with E-state index in [4.69, 9.17) is 4.74 Å². The van der Waals surface area contributed by atoms with Crippen molar-refractivity contribution in [3.05, 3.63) is 84.1 Å². The molecule has 1 aromatic heterocycles. The molecule has 1 aliphatic carbocycles. The van der Waals surface area contributed by atoms with Crippen molar-refractivity contribution in [2.24, 2.45) is 0 Å². The van der Waals surface area contributed by atoms with E-state index in [0.29, 0.717) is 36.9 Å². The first-order valence-electron chi connectivity index (χ1n) is 12.2. The molecule has 1 aliphatic rings. The number of nitrogens with zero attached hydrogens (tertiary/aromatic N) is 1. The van der Waals surface area contributed by atoms with Crippen molar-refractivity contribution < 1.29 is 18.3 Å². The van der Waals surface area contributed by atoms with Crippen LogP contribution in [-0.2, 0) is 10.0 Å². The monoisotopic (exact) mass is 506 g/mol. The van der Waals surface area contributed by atoms with Crippen molar-refractivity contribution in [2.75, 3.05) is 24.4 Å². The lowest BCUT2D eigenvalue weighted by atomic mass is 9.82. The average molecular weight is 507 g/mol. The number of fused-ring (bicyclic) bond motifs is 1. The number of aromatic amines is 1. The quantitative estimate of drug-likeness (QED) is 0.225. The zero-order chi connectivity index (χ0) is 25.0. The third-order valence-corrected chi connectivity index (χ3v) is 7.92. The van der Waals surface area contributed by atoms with Gasteiger partial charge in [0.1, 0.15) is 12.4 Å². The molecular weight excluding hydrogens is 476 g/mol. The summed E-state index contributed by atoms with van der Waals surface area (Å²) in [6.07, 6.45) is 2.91. The van der Waals surface area contributed by atoms with Crippen molar-refractivity contribution in [3.63, 3.8) is 0 Å². The first-order valence-corrected chi connectivity index (χ1v) is 13.7. The number of hydrogen-bond acceptors (Lipinski definition) is 6. The molecule has 1 fully saturated rings. The molecule has 4 N–H and O–H groups in total. The number of aliphatic hydroxyl groups excluding tert-OH is 1. The van der Waals surface area contributed by atoms with Gasteiger partial charge in [0, 0.05) is 36.1 Å². The molecule has 5 rings (SSSR count). The van der Waals surface area contributed by atoms with Crippen LogP contribution in [-0.4, -0.2) is 43.4 Å². The molecule has 1 heterocycles. The summed E-state index contributed by atoms with van der Waals surface area (Å²) in [5.41, 5.74) is 3.16. The molecule has 0 radical (unpaired) electrons. The average Bonchev–Trinajstić information content (AvgIpc) is 3.26. The normalized spacial score (nSPS) is 14.9. The maximum absolute atomic E-state index is 12.6. The second kappa shape index (κ2) is 10.7. The van der Waals surface area contributed by atoms with Crippen LogP contribution >= 0.6 is 0 Å². The van der Waals surface area contributed by atoms with Crippen LogP contribution in [0, 0.1) is 0 Å². The van der Waals surface area contributed by atoms with Gasteiger partial charge in [-0.1, -0.05) is 36.8 Å². The number of anilines is 1. The highest BCUT2D eigenvalue weighted by Crippen LogP contribution is 2.38. The van der Waals surface area contributed by atoms with Crippen molar-refractivity contribution in [3.8, 4) is 5.75 Å². The summed E-state index contributed by atoms with van der Waals surface area (Å²) in [7, 11) is -3.69. The summed E-state index contributed by atoms with van der Waals surface area (Å²) in [5, 5.41) is 22.5. The van der Waals surface area contributed by atoms with Crippen molar-refractivity contribution in [2.45, 2.75) is 36.2 Å². The van der Waals surface area contributed by atoms with Gasteiger partial charge < -0.3 is 15.2 Å². The summed E-state index contributed by atoms with van der Waals surface area (Å²) in [4.78, 5) is 0.183. The molecule has 188 valence electrons. The van der Waals surface area contributed by atoms with Gasteiger partial charge >= 0.3 is 0 Å². The van der Waals surface area contributed by atoms with E-state index in [1.807, 2.05) is 12.1 Å². The third-order valence-electron chi connectivity index (χ3n) is 6.52. The SMILES string of the molecule is O=S(=O)(Nc1cccc(C(O)CNCCOc2ccc3c(C4CCC4)n[nH]c3c2)c1)c1ccccc1. The lowest BCUT2D eigenvalue weighted by Crippen LogP contribution is -2.26. The van der Waals surface area contributed by atoms with Crippen molar-refractivity contribution in [1.82, 2.24) is 15.5 Å². The van der Waals surface area contributed by atoms with E-state index < -0.39 is 16.1 Å². The van der Waals surface area contributed by atoms with Gasteiger partial charge in [-0.3, -0.25) is 9.82 Å². The molecule has 0 spiro atoms. The van der Waals surface area contributed by atoms with Gasteiger partial charge in [0.25, 0.3) is 10.0 Å². The smallest absolute Gasteiger partial charge is 0.261 e. The second-order valence-corrected chi connectivity index (χ2v) is 10.7. The minimum Gasteiger partial charge on any atom is -0.492 e. The largest absolute Gasteiger partial charge is 0.492 e. The van der Waals surface area contributed by atoms with Gasteiger partial charge in [0.2, 0.25) is 0 Å². The zero-order valence-electron chi connectivity index (χ0n) is 19.9. The van der Waals surface area contributed by atoms with E-state index >= 15 is 0 Å². The van der Waals surface area contributed by atoms with Crippen LogP contribution < -0.4 is 14.8 Å². The van der Waals surface area contributed by atoms with Crippen LogP contribution in [0.1, 0.15) is 42.5 Å². The van der Waals surface area contributed by atoms with Crippen LogP contribution in [0.3, 0.4) is 0 Å². The van der Waals surface area contributed by atoms with Gasteiger partial charge in [-0.25, -0.2) is 8.42 Å². The van der Waals surface area contributed by atoms with Gasteiger partial charge in [-0.05, 0) is 54.8 Å². The Morgan fingerprint density at radius 1 is 1.06 bits per heavy atom. The Labute approximate surface area is 210 Å². The van der Waals surface area contributed by atoms with E-state index in [-0.39, 0.29) is 4.90 Å². The number of H-pyrrole nitrogens is 1. The van der Waals surface area contributed by atoms with E-state index in [0.717, 1.165) is 17.0 Å². The summed E-state index contributed by atoms with van der Waals surface area (Å²) < 4.78 is 33.5. The molecule has 1 atom stereocenters. The maximum atomic E-state index is 12.6. The van der Waals surface area contributed by atoms with Crippen LogP contribution in [0.5, 0.6) is 5.75 Å². The number of hydrogen-bond donors (Lipinski definition) is 4. The fraction of sp³-hybridized carbons (Fsp3) is 0.296. The van der Waals surface area contributed by atoms with E-state index in [9.17, 15) is 13.5 Å². The van der Waals surface area contributed by atoms with E-state index in [1.54, 1.807) is 42.5 Å². The van der Waals surface area contributed by atoms with E-state index in [1.165, 1.54) is 36.8 Å². The lowest BCUT2D eigenvalue weighted by molar-refractivity contribution is 0.172. The Hall–Kier alpha value is -3.40. The van der Waals surface area contributed by atoms with Crippen LogP contribution in [0.15, 0.2) is 77.7 Å². The molecule has 0 saturated heterocycles. The molecule has 4 aromatic rings. The number of nitrogens with one attached hydrogen (secondary N) is 3. The minimum absolute atomic E-state index is 0.183. The number of aliphatic hydroxyl groups is 1. The van der Waals surface area contributed by atoms with Gasteiger partial charge in [0.15, 0.2) is 0 Å². The van der Waals surface area contributed by atoms with Crippen LogP contribution in [0.4, 0.5) is 5.69 Å². The highest BCUT2D eigenvalue weighted by molar-refractivity contribution is 7.92. The summed E-state index contributed by atoms with van der Waals surface area (Å²) in [5.74, 6) is 1.35. The number of aromatic nitrogens is 2. The highest BCUT2D eigenvalue weighted by Gasteiger charge is 2.24. The Balaban J connectivity index is 1.09. The summed E-state index contributed by atoms with van der Waals surface area (Å²) in [6, 6.07) is 21.0. The standard InChI is InChI=1S/C27H30N4O4S/c32-26(20-8-5-9-21(16-20)31-36(33,34)23-10-2-1-3-11-23)18-28-14-15-35-22-12-13-24-25(17-22)29-30-27(24)19-6-4-7-19/h1-3,5,8-13,16-17,19,26,28,31-32H,4,6-7,14-15,18H2,(H,29,30). The zero-order valence-corrected chi connectivity index (χ0v) is 20.7. The Kier molecular flexibility index (Phi) is 7.22. The fourth-order valence-electron chi connectivity index (χ4n) is 4.32. The topological polar surface area (TPSA) is 116 Å². The number of sulfonamides is 1. The maximum Gasteiger partial charge on any atom is 0.261 e. The van der Waals surface area contributed by atoms with Crippen LogP contribution in [0.25, 0.3) is 10.9 Å². The molecule has 8 nitrogen and oxygen atoms in total. The van der Waals surface area contributed by atoms with Crippen molar-refractivity contribution >= 4 is 26.6 Å². The minimum atomic E-state index is -3.69. The molecule has 0 bridgehead atoms. The number of ether oxygens (including phenoxy) is 1. The van der Waals surface area contributed by atoms with Gasteiger partial charge in [-0.2, -0.15) is 5.10 Å². The second-order valence-electron chi connectivity index (χ2n) is 9.06. The first-order chi connectivity index (χ1) is 17.5. The molecule has 1 saturated carbocycles. The van der Waals surface area contributed by atoms with Gasteiger partial charge in [-0.15, -0.1) is 0 Å². The number of rotatable bonds is 11. The third kappa shape index (κ3) is 5.53. The Bertz CT molecular complexity index is 1420. The number of benzene rings is 3. The molecule has 9 heteroatoms. The first kappa shape index (κ1) is 24.3. The lowest BCUT2D eigenvalue weighted by Gasteiger charge is -2.23. The molecule has 1 unspecified atom stereocenters. The predicted molar refractivity (Wildman–Crippen MR) is 140 cm³/mol. The van der Waals surface area contributed by atoms with Crippen LogP contribution in [0.2, 0.25) is 0 Å². The summed E-state index contributed by atoms with van der Waals surface area (Å²) >= 11 is 0. The Morgan fingerprint density at radius 3 is 2.67 bits per heavy atom. The fourth-order valence-corrected chi connectivity index (χ4v) is 5.39. The van der Waals surface area contributed by atoms with Gasteiger partial charge in [0.05, 0.1) is 22.2 Å². The summed E-state index contributed by atoms with van der Waals surface area (Å²) in [6.45, 7) is 1.30. The van der Waals surface area contributed by atoms with E-state index in [2.05, 4.69) is 26.3 Å². The molecule has 0 amide bonds. The molecule has 36 heavy (non-hydrogen) atoms. The highest BCUT2D eigenvalue weighted by atomic mass is 32.2. The molecule has 0 aliphatic heterocycles. The predicted octanol–water partition coefficient (Wildman–Crippen LogP) is 4.33. The molecule has 3 aromatic carbocycles.